The summed E-state index contributed by atoms with van der Waals surface area (Å²) < 4.78 is 5.70. The van der Waals surface area contributed by atoms with Gasteiger partial charge < -0.3 is 15.1 Å². The van der Waals surface area contributed by atoms with E-state index in [9.17, 15) is 4.79 Å². The van der Waals surface area contributed by atoms with Crippen LogP contribution >= 0.6 is 11.3 Å². The van der Waals surface area contributed by atoms with Gasteiger partial charge in [-0.3, -0.25) is 4.90 Å². The molecule has 2 aromatic heterocycles. The van der Waals surface area contributed by atoms with Crippen molar-refractivity contribution in [2.45, 2.75) is 19.9 Å². The van der Waals surface area contributed by atoms with E-state index in [1.54, 1.807) is 11.3 Å². The molecule has 0 aliphatic rings. The number of thiazole rings is 1. The van der Waals surface area contributed by atoms with Gasteiger partial charge in [0.25, 0.3) is 0 Å². The molecule has 142 valence electrons. The maximum atomic E-state index is 12.3. The molecule has 2 heterocycles. The van der Waals surface area contributed by atoms with Crippen LogP contribution in [0.25, 0.3) is 11.3 Å². The molecule has 0 bridgehead atoms. The number of aromatic nitrogens is 1. The van der Waals surface area contributed by atoms with Gasteiger partial charge in [0.05, 0.1) is 16.7 Å². The summed E-state index contributed by atoms with van der Waals surface area (Å²) in [5.41, 5.74) is 2.63. The Morgan fingerprint density at radius 2 is 2.07 bits per heavy atom. The quantitative estimate of drug-likeness (QED) is 0.659. The highest BCUT2D eigenvalue weighted by atomic mass is 32.1. The van der Waals surface area contributed by atoms with Gasteiger partial charge in [-0.25, -0.2) is 9.78 Å². The first-order valence-electron chi connectivity index (χ1n) is 8.72. The minimum Gasteiger partial charge on any atom is -0.465 e. The highest BCUT2D eigenvalue weighted by Crippen LogP contribution is 2.24. The fraction of sp³-hybridized carbons (Fsp3) is 0.300. The summed E-state index contributed by atoms with van der Waals surface area (Å²) in [5.74, 6) is 1.69. The van der Waals surface area contributed by atoms with E-state index < -0.39 is 0 Å². The second-order valence-corrected chi connectivity index (χ2v) is 7.66. The van der Waals surface area contributed by atoms with Gasteiger partial charge in [0.15, 0.2) is 0 Å². The van der Waals surface area contributed by atoms with Crippen LogP contribution in [0.1, 0.15) is 22.6 Å². The Morgan fingerprint density at radius 3 is 2.70 bits per heavy atom. The number of hydrogen-bond acceptors (Lipinski definition) is 5. The van der Waals surface area contributed by atoms with Crippen molar-refractivity contribution in [3.63, 3.8) is 0 Å². The van der Waals surface area contributed by atoms with Gasteiger partial charge >= 0.3 is 6.03 Å². The Hall–Kier alpha value is -2.64. The number of urea groups is 1. The van der Waals surface area contributed by atoms with Crippen LogP contribution in [0.3, 0.4) is 0 Å². The predicted octanol–water partition coefficient (Wildman–Crippen LogP) is 4.44. The van der Waals surface area contributed by atoms with Crippen molar-refractivity contribution in [3.8, 4) is 11.3 Å². The van der Waals surface area contributed by atoms with Crippen LogP contribution < -0.4 is 10.6 Å². The summed E-state index contributed by atoms with van der Waals surface area (Å²) in [6.07, 6.45) is 0. The van der Waals surface area contributed by atoms with E-state index in [0.717, 1.165) is 33.5 Å². The van der Waals surface area contributed by atoms with Crippen LogP contribution in [0.5, 0.6) is 0 Å². The number of amides is 2. The van der Waals surface area contributed by atoms with Gasteiger partial charge in [-0.15, -0.1) is 11.3 Å². The van der Waals surface area contributed by atoms with Crippen molar-refractivity contribution in [2.75, 3.05) is 26.0 Å². The number of anilines is 1. The molecule has 2 amide bonds. The molecule has 27 heavy (non-hydrogen) atoms. The van der Waals surface area contributed by atoms with Gasteiger partial charge in [-0.1, -0.05) is 12.1 Å². The number of hydrogen-bond donors (Lipinski definition) is 2. The lowest BCUT2D eigenvalue weighted by Crippen LogP contribution is -2.36. The molecule has 1 aromatic carbocycles. The molecule has 0 aliphatic heterocycles. The number of carbonyl (C=O) groups excluding carboxylic acids is 1. The number of furan rings is 1. The summed E-state index contributed by atoms with van der Waals surface area (Å²) in [5, 5.41) is 8.84. The zero-order valence-electron chi connectivity index (χ0n) is 15.9. The van der Waals surface area contributed by atoms with Gasteiger partial charge in [0.1, 0.15) is 11.5 Å². The zero-order valence-corrected chi connectivity index (χ0v) is 16.8. The molecule has 3 aromatic rings. The van der Waals surface area contributed by atoms with Crippen molar-refractivity contribution in [1.82, 2.24) is 15.2 Å². The highest BCUT2D eigenvalue weighted by Gasteiger charge is 2.18. The maximum Gasteiger partial charge on any atom is 0.319 e. The molecule has 0 aliphatic carbocycles. The fourth-order valence-electron chi connectivity index (χ4n) is 2.79. The molecule has 0 spiro atoms. The molecule has 3 rings (SSSR count). The summed E-state index contributed by atoms with van der Waals surface area (Å²) >= 11 is 1.61. The summed E-state index contributed by atoms with van der Waals surface area (Å²) in [6.45, 7) is 4.33. The summed E-state index contributed by atoms with van der Waals surface area (Å²) in [4.78, 5) is 18.9. The van der Waals surface area contributed by atoms with E-state index in [1.165, 1.54) is 0 Å². The molecular formula is C20H24N4O2S. The number of carbonyl (C=O) groups is 1. The van der Waals surface area contributed by atoms with Crippen LogP contribution in [0.15, 0.2) is 46.2 Å². The zero-order chi connectivity index (χ0) is 19.4. The minimum absolute atomic E-state index is 0.0336. The van der Waals surface area contributed by atoms with Crippen LogP contribution in [0, 0.1) is 13.8 Å². The number of nitrogens with one attached hydrogen (secondary N) is 2. The van der Waals surface area contributed by atoms with Crippen LogP contribution in [-0.2, 0) is 0 Å². The van der Waals surface area contributed by atoms with Gasteiger partial charge in [0.2, 0.25) is 0 Å². The Labute approximate surface area is 163 Å². The SMILES string of the molecule is Cc1ccc([C@H](CNC(=O)Nc2cccc(-c3csc(C)n3)c2)N(C)C)o1. The van der Waals surface area contributed by atoms with E-state index >= 15 is 0 Å². The van der Waals surface area contributed by atoms with Crippen molar-refractivity contribution < 1.29 is 9.21 Å². The van der Waals surface area contributed by atoms with E-state index in [1.807, 2.05) is 74.6 Å². The third-order valence-electron chi connectivity index (χ3n) is 4.20. The molecule has 0 unspecified atom stereocenters. The van der Waals surface area contributed by atoms with Gasteiger partial charge in [-0.05, 0) is 52.2 Å². The average molecular weight is 385 g/mol. The number of rotatable bonds is 6. The summed E-state index contributed by atoms with van der Waals surface area (Å²) in [7, 11) is 3.92. The van der Waals surface area contributed by atoms with Crippen molar-refractivity contribution in [1.29, 1.82) is 0 Å². The Bertz CT molecular complexity index is 916. The Morgan fingerprint density at radius 1 is 1.26 bits per heavy atom. The minimum atomic E-state index is -0.253. The third-order valence-corrected chi connectivity index (χ3v) is 4.98. The molecule has 1 atom stereocenters. The number of nitrogens with zero attached hydrogens (tertiary/aromatic N) is 2. The first-order valence-corrected chi connectivity index (χ1v) is 9.60. The lowest BCUT2D eigenvalue weighted by molar-refractivity contribution is 0.232. The van der Waals surface area contributed by atoms with Crippen LogP contribution in [0.4, 0.5) is 10.5 Å². The average Bonchev–Trinajstić information content (AvgIpc) is 3.24. The largest absolute Gasteiger partial charge is 0.465 e. The molecular weight excluding hydrogens is 360 g/mol. The normalized spacial score (nSPS) is 12.2. The number of benzene rings is 1. The Kier molecular flexibility index (Phi) is 5.93. The standard InChI is InChI=1S/C20H24N4O2S/c1-13-8-9-19(26-13)18(24(3)4)11-21-20(25)23-16-7-5-6-15(10-16)17-12-27-14(2)22-17/h5-10,12,18H,11H2,1-4H3,(H2,21,23,25)/t18-/m0/s1. The third kappa shape index (κ3) is 4.96. The molecule has 6 nitrogen and oxygen atoms in total. The topological polar surface area (TPSA) is 70.4 Å². The summed E-state index contributed by atoms with van der Waals surface area (Å²) in [6, 6.07) is 11.3. The van der Waals surface area contributed by atoms with E-state index in [2.05, 4.69) is 15.6 Å². The van der Waals surface area contributed by atoms with E-state index in [0.29, 0.717) is 6.54 Å². The van der Waals surface area contributed by atoms with Crippen LogP contribution in [-0.4, -0.2) is 36.6 Å². The maximum absolute atomic E-state index is 12.3. The highest BCUT2D eigenvalue weighted by molar-refractivity contribution is 7.09. The first-order chi connectivity index (χ1) is 12.9. The van der Waals surface area contributed by atoms with E-state index in [-0.39, 0.29) is 12.1 Å². The Balaban J connectivity index is 1.62. The second kappa shape index (κ2) is 8.37. The lowest BCUT2D eigenvalue weighted by atomic mass is 10.1. The first kappa shape index (κ1) is 19.1. The van der Waals surface area contributed by atoms with Gasteiger partial charge in [-0.2, -0.15) is 0 Å². The molecule has 7 heteroatoms. The van der Waals surface area contributed by atoms with Crippen molar-refractivity contribution in [3.05, 3.63) is 58.3 Å². The second-order valence-electron chi connectivity index (χ2n) is 6.60. The molecule has 0 radical (unpaired) electrons. The van der Waals surface area contributed by atoms with Crippen LogP contribution in [0.2, 0.25) is 0 Å². The smallest absolute Gasteiger partial charge is 0.319 e. The van der Waals surface area contributed by atoms with Crippen molar-refractivity contribution >= 4 is 23.1 Å². The molecule has 0 saturated heterocycles. The number of likely N-dealkylation sites (N-methyl/N-ethyl adjacent to an activating group) is 1. The van der Waals surface area contributed by atoms with E-state index in [4.69, 9.17) is 4.42 Å². The fourth-order valence-corrected chi connectivity index (χ4v) is 3.41. The predicted molar refractivity (Wildman–Crippen MR) is 109 cm³/mol. The molecule has 0 saturated carbocycles. The van der Waals surface area contributed by atoms with Crippen molar-refractivity contribution in [2.24, 2.45) is 0 Å². The number of aryl methyl sites for hydroxylation is 2. The molecule has 2 N–H and O–H groups in total. The van der Waals surface area contributed by atoms with Gasteiger partial charge in [0, 0.05) is 23.2 Å². The monoisotopic (exact) mass is 384 g/mol. The molecule has 0 fully saturated rings. The lowest BCUT2D eigenvalue weighted by Gasteiger charge is -2.22.